The van der Waals surface area contributed by atoms with Crippen molar-refractivity contribution in [3.05, 3.63) is 29.8 Å². The molecule has 2 aromatic heterocycles. The maximum atomic E-state index is 10.5. The van der Waals surface area contributed by atoms with Crippen molar-refractivity contribution >= 4 is 12.1 Å². The number of nitrogens with zero attached hydrogens (tertiary/aromatic N) is 3. The zero-order valence-electron chi connectivity index (χ0n) is 7.27. The average molecular weight is 175 g/mol. The summed E-state index contributed by atoms with van der Waals surface area (Å²) in [4.78, 5) is 18.7. The lowest BCUT2D eigenvalue weighted by molar-refractivity contribution is 0.112. The first kappa shape index (κ1) is 7.91. The van der Waals surface area contributed by atoms with Gasteiger partial charge in [-0.1, -0.05) is 6.92 Å². The van der Waals surface area contributed by atoms with Gasteiger partial charge in [0.1, 0.15) is 0 Å². The highest BCUT2D eigenvalue weighted by molar-refractivity contribution is 5.73. The summed E-state index contributed by atoms with van der Waals surface area (Å²) in [6, 6.07) is 0. The Kier molecular flexibility index (Phi) is 1.81. The molecule has 4 heteroatoms. The molecule has 0 aliphatic rings. The van der Waals surface area contributed by atoms with Crippen LogP contribution in [0.1, 0.15) is 23.0 Å². The summed E-state index contributed by atoms with van der Waals surface area (Å²) < 4.78 is 1.77. The fourth-order valence-corrected chi connectivity index (χ4v) is 1.18. The third kappa shape index (κ3) is 1.30. The van der Waals surface area contributed by atoms with E-state index in [9.17, 15) is 4.79 Å². The number of hydrogen-bond donors (Lipinski definition) is 0. The minimum atomic E-state index is 0.563. The van der Waals surface area contributed by atoms with Crippen LogP contribution < -0.4 is 0 Å². The molecule has 0 fully saturated rings. The molecule has 0 aromatic carbocycles. The molecule has 0 spiro atoms. The van der Waals surface area contributed by atoms with E-state index in [1.807, 2.05) is 13.1 Å². The van der Waals surface area contributed by atoms with Gasteiger partial charge in [0.05, 0.1) is 5.69 Å². The number of imidazole rings is 1. The summed E-state index contributed by atoms with van der Waals surface area (Å²) in [7, 11) is 0. The van der Waals surface area contributed by atoms with Crippen molar-refractivity contribution in [2.45, 2.75) is 13.3 Å². The third-order valence-corrected chi connectivity index (χ3v) is 1.88. The fraction of sp³-hybridized carbons (Fsp3) is 0.222. The van der Waals surface area contributed by atoms with Gasteiger partial charge in [0, 0.05) is 24.2 Å². The maximum absolute atomic E-state index is 10.5. The second-order valence-corrected chi connectivity index (χ2v) is 2.80. The Labute approximate surface area is 75.2 Å². The lowest BCUT2D eigenvalue weighted by Gasteiger charge is -1.91. The highest BCUT2D eigenvalue weighted by Gasteiger charge is 2.00. The molecule has 66 valence electrons. The van der Waals surface area contributed by atoms with E-state index in [1.54, 1.807) is 10.6 Å². The molecular formula is C9H9N3O. The number of rotatable bonds is 2. The Morgan fingerprint density at radius 1 is 1.54 bits per heavy atom. The topological polar surface area (TPSA) is 47.3 Å². The van der Waals surface area contributed by atoms with Crippen LogP contribution in [0.2, 0.25) is 0 Å². The molecule has 2 heterocycles. The highest BCUT2D eigenvalue weighted by atomic mass is 16.1. The summed E-state index contributed by atoms with van der Waals surface area (Å²) in [5, 5.41) is 0. The molecule has 0 N–H and O–H groups in total. The van der Waals surface area contributed by atoms with Gasteiger partial charge in [-0.25, -0.2) is 9.97 Å². The van der Waals surface area contributed by atoms with E-state index in [2.05, 4.69) is 9.97 Å². The standard InChI is InChI=1S/C9H9N3O/c1-2-8-5-12-4-7(6-13)3-10-9(12)11-8/h3-6H,2H2,1H3. The summed E-state index contributed by atoms with van der Waals surface area (Å²) in [6.45, 7) is 2.03. The van der Waals surface area contributed by atoms with Crippen LogP contribution in [-0.4, -0.2) is 20.7 Å². The Hall–Kier alpha value is -1.71. The quantitative estimate of drug-likeness (QED) is 0.642. The van der Waals surface area contributed by atoms with E-state index < -0.39 is 0 Å². The van der Waals surface area contributed by atoms with Crippen LogP contribution in [0, 0.1) is 0 Å². The fourth-order valence-electron chi connectivity index (χ4n) is 1.18. The van der Waals surface area contributed by atoms with Crippen molar-refractivity contribution < 1.29 is 4.79 Å². The second kappa shape index (κ2) is 2.97. The predicted octanol–water partition coefficient (Wildman–Crippen LogP) is 1.10. The Morgan fingerprint density at radius 3 is 3.08 bits per heavy atom. The molecule has 0 atom stereocenters. The Morgan fingerprint density at radius 2 is 2.38 bits per heavy atom. The number of carbonyl (C=O) groups excluding carboxylic acids is 1. The normalized spacial score (nSPS) is 10.5. The van der Waals surface area contributed by atoms with Crippen LogP contribution in [0.5, 0.6) is 0 Å². The van der Waals surface area contributed by atoms with E-state index in [4.69, 9.17) is 0 Å². The number of aromatic nitrogens is 3. The molecule has 0 unspecified atom stereocenters. The molecule has 0 saturated carbocycles. The van der Waals surface area contributed by atoms with Crippen LogP contribution in [0.4, 0.5) is 0 Å². The van der Waals surface area contributed by atoms with Crippen LogP contribution in [0.15, 0.2) is 18.6 Å². The first-order valence-electron chi connectivity index (χ1n) is 4.12. The molecule has 0 amide bonds. The molecule has 2 aromatic rings. The Balaban J connectivity index is 2.63. The molecular weight excluding hydrogens is 166 g/mol. The number of carbonyl (C=O) groups is 1. The molecule has 0 aliphatic carbocycles. The van der Waals surface area contributed by atoms with Crippen molar-refractivity contribution in [2.24, 2.45) is 0 Å². The van der Waals surface area contributed by atoms with Crippen LogP contribution in [0.25, 0.3) is 5.78 Å². The molecule has 0 radical (unpaired) electrons. The van der Waals surface area contributed by atoms with Gasteiger partial charge >= 0.3 is 0 Å². The van der Waals surface area contributed by atoms with Crippen molar-refractivity contribution in [2.75, 3.05) is 0 Å². The van der Waals surface area contributed by atoms with Gasteiger partial charge in [-0.05, 0) is 6.42 Å². The minimum Gasteiger partial charge on any atom is -0.298 e. The predicted molar refractivity (Wildman–Crippen MR) is 47.8 cm³/mol. The number of aryl methyl sites for hydroxylation is 1. The zero-order valence-corrected chi connectivity index (χ0v) is 7.27. The first-order valence-corrected chi connectivity index (χ1v) is 4.12. The minimum absolute atomic E-state index is 0.563. The summed E-state index contributed by atoms with van der Waals surface area (Å²) in [6.07, 6.45) is 6.78. The summed E-state index contributed by atoms with van der Waals surface area (Å²) in [5.41, 5.74) is 1.54. The van der Waals surface area contributed by atoms with Gasteiger partial charge < -0.3 is 0 Å². The molecule has 2 rings (SSSR count). The SMILES string of the molecule is CCc1cn2cc(C=O)cnc2n1. The van der Waals surface area contributed by atoms with Crippen LogP contribution in [0.3, 0.4) is 0 Å². The van der Waals surface area contributed by atoms with E-state index in [1.165, 1.54) is 6.20 Å². The summed E-state index contributed by atoms with van der Waals surface area (Å²) in [5.74, 6) is 0.641. The average Bonchev–Trinajstić information content (AvgIpc) is 2.58. The number of fused-ring (bicyclic) bond motifs is 1. The van der Waals surface area contributed by atoms with E-state index in [0.717, 1.165) is 18.4 Å². The van der Waals surface area contributed by atoms with E-state index in [0.29, 0.717) is 11.3 Å². The van der Waals surface area contributed by atoms with Gasteiger partial charge in [0.15, 0.2) is 6.29 Å². The maximum Gasteiger partial charge on any atom is 0.233 e. The molecule has 13 heavy (non-hydrogen) atoms. The van der Waals surface area contributed by atoms with Crippen LogP contribution >= 0.6 is 0 Å². The molecule has 0 saturated heterocycles. The number of hydrogen-bond acceptors (Lipinski definition) is 3. The third-order valence-electron chi connectivity index (χ3n) is 1.88. The number of aldehydes is 1. The van der Waals surface area contributed by atoms with Crippen molar-refractivity contribution in [3.8, 4) is 0 Å². The van der Waals surface area contributed by atoms with Crippen molar-refractivity contribution in [1.82, 2.24) is 14.4 Å². The molecule has 0 aliphatic heterocycles. The monoisotopic (exact) mass is 175 g/mol. The van der Waals surface area contributed by atoms with Gasteiger partial charge in [-0.3, -0.25) is 9.20 Å². The molecule has 4 nitrogen and oxygen atoms in total. The smallest absolute Gasteiger partial charge is 0.233 e. The first-order chi connectivity index (χ1) is 6.33. The van der Waals surface area contributed by atoms with Crippen molar-refractivity contribution in [3.63, 3.8) is 0 Å². The van der Waals surface area contributed by atoms with E-state index >= 15 is 0 Å². The zero-order chi connectivity index (χ0) is 9.26. The van der Waals surface area contributed by atoms with Crippen molar-refractivity contribution in [1.29, 1.82) is 0 Å². The largest absolute Gasteiger partial charge is 0.298 e. The van der Waals surface area contributed by atoms with Crippen LogP contribution in [-0.2, 0) is 6.42 Å². The Bertz CT molecular complexity index is 447. The second-order valence-electron chi connectivity index (χ2n) is 2.80. The van der Waals surface area contributed by atoms with Gasteiger partial charge in [-0.15, -0.1) is 0 Å². The highest BCUT2D eigenvalue weighted by Crippen LogP contribution is 2.03. The van der Waals surface area contributed by atoms with Gasteiger partial charge in [0.25, 0.3) is 0 Å². The lowest BCUT2D eigenvalue weighted by Crippen LogP contribution is -1.90. The van der Waals surface area contributed by atoms with Gasteiger partial charge in [0.2, 0.25) is 5.78 Å². The van der Waals surface area contributed by atoms with E-state index in [-0.39, 0.29) is 0 Å². The summed E-state index contributed by atoms with van der Waals surface area (Å²) >= 11 is 0. The lowest BCUT2D eigenvalue weighted by atomic mass is 10.4. The van der Waals surface area contributed by atoms with Gasteiger partial charge in [-0.2, -0.15) is 0 Å². The molecule has 0 bridgehead atoms.